The van der Waals surface area contributed by atoms with Crippen molar-refractivity contribution in [3.63, 3.8) is 0 Å². The van der Waals surface area contributed by atoms with E-state index in [1.54, 1.807) is 9.80 Å². The van der Waals surface area contributed by atoms with Gasteiger partial charge < -0.3 is 15.1 Å². The van der Waals surface area contributed by atoms with Gasteiger partial charge in [-0.2, -0.15) is 0 Å². The molecule has 0 bridgehead atoms. The van der Waals surface area contributed by atoms with Crippen LogP contribution >= 0.6 is 0 Å². The highest BCUT2D eigenvalue weighted by Crippen LogP contribution is 2.14. The van der Waals surface area contributed by atoms with Gasteiger partial charge in [-0.25, -0.2) is 4.79 Å². The molecule has 1 aliphatic rings. The first-order valence-electron chi connectivity index (χ1n) is 8.32. The number of carbonyl (C=O) groups is 2. The topological polar surface area (TPSA) is 52.6 Å². The molecule has 1 aromatic rings. The van der Waals surface area contributed by atoms with Crippen molar-refractivity contribution in [3.05, 3.63) is 35.4 Å². The number of urea groups is 1. The molecule has 5 nitrogen and oxygen atoms in total. The molecule has 0 aromatic heterocycles. The zero-order chi connectivity index (χ0) is 16.8. The fourth-order valence-electron chi connectivity index (χ4n) is 2.69. The van der Waals surface area contributed by atoms with Gasteiger partial charge in [-0.05, 0) is 24.8 Å². The van der Waals surface area contributed by atoms with Crippen LogP contribution in [0.15, 0.2) is 24.3 Å². The first kappa shape index (κ1) is 17.3. The number of nitrogens with zero attached hydrogens (tertiary/aromatic N) is 2. The molecule has 126 valence electrons. The third kappa shape index (κ3) is 5.27. The lowest BCUT2D eigenvalue weighted by atomic mass is 10.1. The van der Waals surface area contributed by atoms with E-state index in [2.05, 4.69) is 25.2 Å². The van der Waals surface area contributed by atoms with Crippen LogP contribution in [0.2, 0.25) is 0 Å². The number of hydrogen-bond donors (Lipinski definition) is 1. The van der Waals surface area contributed by atoms with Crippen molar-refractivity contribution >= 4 is 11.9 Å². The Morgan fingerprint density at radius 3 is 2.70 bits per heavy atom. The number of rotatable bonds is 7. The van der Waals surface area contributed by atoms with Crippen molar-refractivity contribution in [2.24, 2.45) is 5.92 Å². The van der Waals surface area contributed by atoms with Crippen LogP contribution in [0.1, 0.15) is 31.4 Å². The molecule has 2 rings (SSSR count). The Hall–Kier alpha value is -2.04. The number of carbonyl (C=O) groups excluding carboxylic acids is 2. The summed E-state index contributed by atoms with van der Waals surface area (Å²) in [6, 6.07) is 8.12. The minimum atomic E-state index is -0.0728. The predicted molar refractivity (Wildman–Crippen MR) is 91.0 cm³/mol. The van der Waals surface area contributed by atoms with Gasteiger partial charge in [0.2, 0.25) is 5.91 Å². The molecule has 1 aromatic carbocycles. The Morgan fingerprint density at radius 2 is 2.00 bits per heavy atom. The molecule has 1 fully saturated rings. The molecule has 1 N–H and O–H groups in total. The van der Waals surface area contributed by atoms with Crippen molar-refractivity contribution in [3.8, 4) is 0 Å². The third-order valence-corrected chi connectivity index (χ3v) is 4.02. The summed E-state index contributed by atoms with van der Waals surface area (Å²) in [5.74, 6) is 0.491. The summed E-state index contributed by atoms with van der Waals surface area (Å²) in [4.78, 5) is 27.7. The molecule has 5 heteroatoms. The summed E-state index contributed by atoms with van der Waals surface area (Å²) >= 11 is 0. The predicted octanol–water partition coefficient (Wildman–Crippen LogP) is 2.39. The van der Waals surface area contributed by atoms with Crippen LogP contribution in [-0.2, 0) is 11.3 Å². The summed E-state index contributed by atoms with van der Waals surface area (Å²) in [5.41, 5.74) is 2.32. The van der Waals surface area contributed by atoms with Gasteiger partial charge in [0, 0.05) is 26.2 Å². The molecule has 0 aliphatic carbocycles. The maximum atomic E-state index is 12.4. The smallest absolute Gasteiger partial charge is 0.320 e. The minimum absolute atomic E-state index is 0.0504. The highest BCUT2D eigenvalue weighted by Gasteiger charge is 2.29. The summed E-state index contributed by atoms with van der Waals surface area (Å²) in [7, 11) is 0. The fourth-order valence-corrected chi connectivity index (χ4v) is 2.69. The Morgan fingerprint density at radius 1 is 1.26 bits per heavy atom. The van der Waals surface area contributed by atoms with Crippen molar-refractivity contribution < 1.29 is 9.59 Å². The molecule has 1 aliphatic heterocycles. The van der Waals surface area contributed by atoms with E-state index in [1.807, 2.05) is 25.1 Å². The molecule has 0 atom stereocenters. The number of aryl methyl sites for hydroxylation is 1. The average Bonchev–Trinajstić information content (AvgIpc) is 2.80. The van der Waals surface area contributed by atoms with Crippen molar-refractivity contribution in [1.29, 1.82) is 0 Å². The Labute approximate surface area is 138 Å². The molecule has 23 heavy (non-hydrogen) atoms. The Kier molecular flexibility index (Phi) is 6.02. The van der Waals surface area contributed by atoms with E-state index in [0.717, 1.165) is 12.0 Å². The van der Waals surface area contributed by atoms with E-state index in [4.69, 9.17) is 0 Å². The molecule has 0 unspecified atom stereocenters. The van der Waals surface area contributed by atoms with Gasteiger partial charge in [0.15, 0.2) is 0 Å². The Balaban J connectivity index is 1.80. The van der Waals surface area contributed by atoms with Gasteiger partial charge in [0.05, 0.1) is 0 Å². The second-order valence-electron chi connectivity index (χ2n) is 6.65. The van der Waals surface area contributed by atoms with Crippen LogP contribution in [-0.4, -0.2) is 47.9 Å². The normalized spacial score (nSPS) is 14.7. The molecule has 1 heterocycles. The lowest BCUT2D eigenvalue weighted by molar-refractivity contribution is -0.121. The number of hydrogen-bond acceptors (Lipinski definition) is 2. The van der Waals surface area contributed by atoms with Crippen molar-refractivity contribution in [2.45, 2.75) is 33.7 Å². The minimum Gasteiger partial charge on any atom is -0.355 e. The van der Waals surface area contributed by atoms with Gasteiger partial charge in [-0.3, -0.25) is 4.79 Å². The van der Waals surface area contributed by atoms with Crippen LogP contribution in [0.4, 0.5) is 4.79 Å². The van der Waals surface area contributed by atoms with Crippen LogP contribution in [0.25, 0.3) is 0 Å². The van der Waals surface area contributed by atoms with E-state index in [1.165, 1.54) is 5.56 Å². The maximum Gasteiger partial charge on any atom is 0.320 e. The van der Waals surface area contributed by atoms with E-state index >= 15 is 0 Å². The third-order valence-electron chi connectivity index (χ3n) is 4.02. The van der Waals surface area contributed by atoms with Crippen LogP contribution in [0.5, 0.6) is 0 Å². The Bertz CT molecular complexity index is 557. The van der Waals surface area contributed by atoms with Gasteiger partial charge in [0.25, 0.3) is 0 Å². The van der Waals surface area contributed by atoms with Gasteiger partial charge in [0.1, 0.15) is 6.54 Å². The molecule has 0 spiro atoms. The lowest BCUT2D eigenvalue weighted by Crippen LogP contribution is -2.40. The highest BCUT2D eigenvalue weighted by atomic mass is 16.2. The number of amides is 3. The lowest BCUT2D eigenvalue weighted by Gasteiger charge is -2.18. The van der Waals surface area contributed by atoms with Gasteiger partial charge in [-0.15, -0.1) is 0 Å². The summed E-state index contributed by atoms with van der Waals surface area (Å²) < 4.78 is 0. The van der Waals surface area contributed by atoms with E-state index in [-0.39, 0.29) is 18.5 Å². The maximum absolute atomic E-state index is 12.4. The first-order chi connectivity index (χ1) is 11.0. The van der Waals surface area contributed by atoms with Crippen LogP contribution in [0, 0.1) is 12.8 Å². The van der Waals surface area contributed by atoms with Crippen LogP contribution in [0.3, 0.4) is 0 Å². The largest absolute Gasteiger partial charge is 0.355 e. The second-order valence-corrected chi connectivity index (χ2v) is 6.65. The first-order valence-corrected chi connectivity index (χ1v) is 8.32. The standard InChI is InChI=1S/C18H27N3O2/c1-14(2)7-8-19-17(22)13-21-10-9-20(18(21)23)12-16-6-4-5-15(3)11-16/h4-6,11,14H,7-10,12-13H2,1-3H3,(H,19,22). The molecule has 1 saturated heterocycles. The van der Waals surface area contributed by atoms with E-state index < -0.39 is 0 Å². The van der Waals surface area contributed by atoms with Crippen molar-refractivity contribution in [2.75, 3.05) is 26.2 Å². The molecule has 0 radical (unpaired) electrons. The van der Waals surface area contributed by atoms with E-state index in [9.17, 15) is 9.59 Å². The van der Waals surface area contributed by atoms with Gasteiger partial charge >= 0.3 is 6.03 Å². The van der Waals surface area contributed by atoms with Crippen molar-refractivity contribution in [1.82, 2.24) is 15.1 Å². The zero-order valence-electron chi connectivity index (χ0n) is 14.3. The number of benzene rings is 1. The fraction of sp³-hybridized carbons (Fsp3) is 0.556. The second kappa shape index (κ2) is 7.99. The van der Waals surface area contributed by atoms with E-state index in [0.29, 0.717) is 32.1 Å². The zero-order valence-corrected chi connectivity index (χ0v) is 14.3. The quantitative estimate of drug-likeness (QED) is 0.839. The SMILES string of the molecule is Cc1cccc(CN2CCN(CC(=O)NCCC(C)C)C2=O)c1. The highest BCUT2D eigenvalue weighted by molar-refractivity contribution is 5.85. The van der Waals surface area contributed by atoms with Gasteiger partial charge in [-0.1, -0.05) is 43.7 Å². The number of nitrogens with one attached hydrogen (secondary N) is 1. The van der Waals surface area contributed by atoms with Crippen LogP contribution < -0.4 is 5.32 Å². The summed E-state index contributed by atoms with van der Waals surface area (Å²) in [6.45, 7) is 9.01. The average molecular weight is 317 g/mol. The molecular weight excluding hydrogens is 290 g/mol. The molecule has 0 saturated carbocycles. The monoisotopic (exact) mass is 317 g/mol. The molecule has 3 amide bonds. The molecular formula is C18H27N3O2. The summed E-state index contributed by atoms with van der Waals surface area (Å²) in [5, 5.41) is 2.88. The summed E-state index contributed by atoms with van der Waals surface area (Å²) in [6.07, 6.45) is 0.958.